The van der Waals surface area contributed by atoms with Gasteiger partial charge in [-0.3, -0.25) is 0 Å². The number of anilines is 2. The summed E-state index contributed by atoms with van der Waals surface area (Å²) in [6.45, 7) is 1.14. The van der Waals surface area contributed by atoms with E-state index in [1.54, 1.807) is 6.07 Å². The number of pyridine rings is 1. The maximum absolute atomic E-state index is 5.57. The summed E-state index contributed by atoms with van der Waals surface area (Å²) < 4.78 is 11.0. The molecule has 2 aromatic rings. The Hall–Kier alpha value is -2.34. The standard InChI is InChI=1S/C14H13N3O2S/c15-14(20)10-2-1-3-13(17-10)16-9-4-5-11-12(8-9)19-7-6-18-11/h1-5,8H,6-7H2,(H2,15,20)(H,16,17). The second-order valence-corrected chi connectivity index (χ2v) is 4.70. The van der Waals surface area contributed by atoms with Crippen LogP contribution in [0.5, 0.6) is 11.5 Å². The third-order valence-corrected chi connectivity index (χ3v) is 3.03. The largest absolute Gasteiger partial charge is 0.486 e. The van der Waals surface area contributed by atoms with Crippen molar-refractivity contribution in [3.63, 3.8) is 0 Å². The average Bonchev–Trinajstić information content (AvgIpc) is 2.47. The summed E-state index contributed by atoms with van der Waals surface area (Å²) in [5, 5.41) is 3.19. The highest BCUT2D eigenvalue weighted by molar-refractivity contribution is 7.80. The number of fused-ring (bicyclic) bond motifs is 1. The maximum atomic E-state index is 5.57. The highest BCUT2D eigenvalue weighted by atomic mass is 32.1. The molecule has 6 heteroatoms. The van der Waals surface area contributed by atoms with Gasteiger partial charge in [-0.25, -0.2) is 4.98 Å². The zero-order valence-corrected chi connectivity index (χ0v) is 11.4. The Morgan fingerprint density at radius 2 is 1.95 bits per heavy atom. The first kappa shape index (κ1) is 12.7. The molecule has 0 spiro atoms. The number of rotatable bonds is 3. The molecule has 0 radical (unpaired) electrons. The number of nitrogens with zero attached hydrogens (tertiary/aromatic N) is 1. The van der Waals surface area contributed by atoms with Crippen LogP contribution in [0, 0.1) is 0 Å². The summed E-state index contributed by atoms with van der Waals surface area (Å²) in [4.78, 5) is 4.60. The van der Waals surface area contributed by atoms with E-state index in [2.05, 4.69) is 10.3 Å². The number of hydrogen-bond acceptors (Lipinski definition) is 5. The highest BCUT2D eigenvalue weighted by Crippen LogP contribution is 2.33. The maximum Gasteiger partial charge on any atom is 0.163 e. The van der Waals surface area contributed by atoms with Crippen molar-refractivity contribution in [2.45, 2.75) is 0 Å². The summed E-state index contributed by atoms with van der Waals surface area (Å²) in [5.41, 5.74) is 7.02. The number of nitrogens with one attached hydrogen (secondary N) is 1. The zero-order valence-electron chi connectivity index (χ0n) is 10.6. The Bertz CT molecular complexity index is 661. The minimum absolute atomic E-state index is 0.274. The fourth-order valence-corrected chi connectivity index (χ4v) is 2.02. The van der Waals surface area contributed by atoms with E-state index in [-0.39, 0.29) is 4.99 Å². The van der Waals surface area contributed by atoms with Crippen LogP contribution in [0.2, 0.25) is 0 Å². The van der Waals surface area contributed by atoms with Crippen molar-refractivity contribution in [3.05, 3.63) is 42.1 Å². The lowest BCUT2D eigenvalue weighted by Crippen LogP contribution is -2.15. The molecule has 20 heavy (non-hydrogen) atoms. The van der Waals surface area contributed by atoms with Gasteiger partial charge in [-0.2, -0.15) is 0 Å². The van der Waals surface area contributed by atoms with Crippen molar-refractivity contribution >= 4 is 28.7 Å². The van der Waals surface area contributed by atoms with E-state index in [1.165, 1.54) is 0 Å². The van der Waals surface area contributed by atoms with Gasteiger partial charge in [-0.1, -0.05) is 18.3 Å². The molecule has 0 saturated carbocycles. The number of ether oxygens (including phenoxy) is 2. The Kier molecular flexibility index (Phi) is 3.39. The first-order valence-corrected chi connectivity index (χ1v) is 6.57. The number of nitrogens with two attached hydrogens (primary N) is 1. The molecule has 5 nitrogen and oxygen atoms in total. The summed E-state index contributed by atoms with van der Waals surface area (Å²) >= 11 is 4.92. The molecule has 2 heterocycles. The third-order valence-electron chi connectivity index (χ3n) is 2.82. The van der Waals surface area contributed by atoms with E-state index in [1.807, 2.05) is 30.3 Å². The third kappa shape index (κ3) is 2.65. The lowest BCUT2D eigenvalue weighted by atomic mass is 10.2. The Morgan fingerprint density at radius 1 is 1.15 bits per heavy atom. The molecule has 3 N–H and O–H groups in total. The summed E-state index contributed by atoms with van der Waals surface area (Å²) in [5.74, 6) is 2.16. The van der Waals surface area contributed by atoms with E-state index in [0.717, 1.165) is 17.2 Å². The molecule has 1 aromatic carbocycles. The van der Waals surface area contributed by atoms with Crippen LogP contribution in [0.25, 0.3) is 0 Å². The molecule has 0 bridgehead atoms. The van der Waals surface area contributed by atoms with E-state index >= 15 is 0 Å². The van der Waals surface area contributed by atoms with Gasteiger partial charge in [0.2, 0.25) is 0 Å². The molecular weight excluding hydrogens is 274 g/mol. The van der Waals surface area contributed by atoms with E-state index in [9.17, 15) is 0 Å². The summed E-state index contributed by atoms with van der Waals surface area (Å²) in [6, 6.07) is 11.1. The second-order valence-electron chi connectivity index (χ2n) is 4.26. The van der Waals surface area contributed by atoms with Crippen molar-refractivity contribution in [3.8, 4) is 11.5 Å². The number of benzene rings is 1. The fourth-order valence-electron chi connectivity index (χ4n) is 1.91. The number of hydrogen-bond donors (Lipinski definition) is 2. The molecule has 1 aliphatic rings. The van der Waals surface area contributed by atoms with Gasteiger partial charge in [0.15, 0.2) is 11.5 Å². The fraction of sp³-hybridized carbons (Fsp3) is 0.143. The van der Waals surface area contributed by atoms with Crippen LogP contribution in [0.3, 0.4) is 0 Å². The van der Waals surface area contributed by atoms with Gasteiger partial charge >= 0.3 is 0 Å². The predicted octanol–water partition coefficient (Wildman–Crippen LogP) is 2.23. The Balaban J connectivity index is 1.84. The Labute approximate surface area is 121 Å². The SMILES string of the molecule is NC(=S)c1cccc(Nc2ccc3c(c2)OCCO3)n1. The van der Waals surface area contributed by atoms with Gasteiger partial charge < -0.3 is 20.5 Å². The van der Waals surface area contributed by atoms with Crippen molar-refractivity contribution in [1.29, 1.82) is 0 Å². The van der Waals surface area contributed by atoms with E-state index < -0.39 is 0 Å². The molecule has 102 valence electrons. The molecular formula is C14H13N3O2S. The lowest BCUT2D eigenvalue weighted by Gasteiger charge is -2.19. The van der Waals surface area contributed by atoms with Crippen LogP contribution in [0.4, 0.5) is 11.5 Å². The Morgan fingerprint density at radius 3 is 2.75 bits per heavy atom. The normalized spacial score (nSPS) is 12.8. The molecule has 0 fully saturated rings. The second kappa shape index (κ2) is 5.34. The summed E-state index contributed by atoms with van der Waals surface area (Å²) in [7, 11) is 0. The lowest BCUT2D eigenvalue weighted by molar-refractivity contribution is 0.171. The molecule has 0 aliphatic carbocycles. The van der Waals surface area contributed by atoms with Gasteiger partial charge in [-0.05, 0) is 24.3 Å². The van der Waals surface area contributed by atoms with Crippen LogP contribution in [-0.2, 0) is 0 Å². The smallest absolute Gasteiger partial charge is 0.163 e. The molecule has 3 rings (SSSR count). The first-order valence-electron chi connectivity index (χ1n) is 6.16. The zero-order chi connectivity index (χ0) is 13.9. The quantitative estimate of drug-likeness (QED) is 0.844. The molecule has 0 saturated heterocycles. The van der Waals surface area contributed by atoms with Crippen LogP contribution in [0.1, 0.15) is 5.69 Å². The van der Waals surface area contributed by atoms with Crippen LogP contribution in [0.15, 0.2) is 36.4 Å². The van der Waals surface area contributed by atoms with Gasteiger partial charge in [0.1, 0.15) is 24.0 Å². The minimum Gasteiger partial charge on any atom is -0.486 e. The van der Waals surface area contributed by atoms with Gasteiger partial charge in [0.05, 0.1) is 5.69 Å². The van der Waals surface area contributed by atoms with E-state index in [0.29, 0.717) is 24.7 Å². The average molecular weight is 287 g/mol. The molecule has 0 amide bonds. The van der Waals surface area contributed by atoms with Crippen LogP contribution >= 0.6 is 12.2 Å². The van der Waals surface area contributed by atoms with Gasteiger partial charge in [0.25, 0.3) is 0 Å². The number of aromatic nitrogens is 1. The minimum atomic E-state index is 0.274. The summed E-state index contributed by atoms with van der Waals surface area (Å²) in [6.07, 6.45) is 0. The molecule has 0 atom stereocenters. The molecule has 1 aliphatic heterocycles. The van der Waals surface area contributed by atoms with Crippen molar-refractivity contribution in [2.24, 2.45) is 5.73 Å². The molecule has 0 unspecified atom stereocenters. The van der Waals surface area contributed by atoms with Gasteiger partial charge in [0, 0.05) is 11.8 Å². The van der Waals surface area contributed by atoms with Crippen molar-refractivity contribution < 1.29 is 9.47 Å². The van der Waals surface area contributed by atoms with Gasteiger partial charge in [-0.15, -0.1) is 0 Å². The van der Waals surface area contributed by atoms with Crippen molar-refractivity contribution in [2.75, 3.05) is 18.5 Å². The van der Waals surface area contributed by atoms with Crippen molar-refractivity contribution in [1.82, 2.24) is 4.98 Å². The van der Waals surface area contributed by atoms with Crippen LogP contribution < -0.4 is 20.5 Å². The topological polar surface area (TPSA) is 69.4 Å². The van der Waals surface area contributed by atoms with Crippen LogP contribution in [-0.4, -0.2) is 23.2 Å². The monoisotopic (exact) mass is 287 g/mol. The highest BCUT2D eigenvalue weighted by Gasteiger charge is 2.12. The van der Waals surface area contributed by atoms with E-state index in [4.69, 9.17) is 27.4 Å². The molecule has 1 aromatic heterocycles. The predicted molar refractivity (Wildman–Crippen MR) is 80.8 cm³/mol. The number of thiocarbonyl (C=S) groups is 1. The first-order chi connectivity index (χ1) is 9.72.